The Morgan fingerprint density at radius 3 is 1.53 bits per heavy atom. The first-order valence-electron chi connectivity index (χ1n) is 11.7. The Morgan fingerprint density at radius 1 is 0.700 bits per heavy atom. The van der Waals surface area contributed by atoms with Gasteiger partial charge in [0.2, 0.25) is 0 Å². The van der Waals surface area contributed by atoms with Gasteiger partial charge in [0.15, 0.2) is 0 Å². The quantitative estimate of drug-likeness (QED) is 0.422. The van der Waals surface area contributed by atoms with Crippen molar-refractivity contribution in [2.45, 2.75) is 94.4 Å². The summed E-state index contributed by atoms with van der Waals surface area (Å²) in [6.45, 7) is 4.97. The number of nitrogens with two attached hydrogens (primary N) is 1. The number of nitrogens with zero attached hydrogens (tertiary/aromatic N) is 5. The Labute approximate surface area is 203 Å². The van der Waals surface area contributed by atoms with Crippen molar-refractivity contribution < 1.29 is 17.4 Å². The van der Waals surface area contributed by atoms with Gasteiger partial charge in [-0.1, -0.05) is 57.8 Å². The number of halogens is 2. The van der Waals surface area contributed by atoms with Gasteiger partial charge in [-0.15, -0.1) is 0 Å². The fourth-order valence-corrected chi connectivity index (χ4v) is 4.80. The predicted octanol–water partition coefficient (Wildman–Crippen LogP) is 6.71. The van der Waals surface area contributed by atoms with E-state index in [1.807, 2.05) is 0 Å². The molecule has 3 rings (SSSR count). The topological polar surface area (TPSA) is 96.5 Å². The second-order valence-corrected chi connectivity index (χ2v) is 10.4. The van der Waals surface area contributed by atoms with Crippen molar-refractivity contribution in [3.05, 3.63) is 26.6 Å². The van der Waals surface area contributed by atoms with Gasteiger partial charge in [0.25, 0.3) is 0 Å². The summed E-state index contributed by atoms with van der Waals surface area (Å²) in [6, 6.07) is 1.93. The van der Waals surface area contributed by atoms with Crippen LogP contribution >= 0.6 is 20.2 Å². The maximum absolute atomic E-state index is 5.74. The molecule has 0 radical (unpaired) electrons. The Balaban J connectivity index is 0. The first-order valence-corrected chi connectivity index (χ1v) is 14.9. The molecular weight excluding hydrogens is 462 g/mol. The van der Waals surface area contributed by atoms with E-state index < -0.39 is 0 Å². The van der Waals surface area contributed by atoms with Crippen LogP contribution in [-0.4, -0.2) is 69.5 Å². The molecule has 0 aromatic rings. The molecule has 3 aliphatic rings. The van der Waals surface area contributed by atoms with Crippen molar-refractivity contribution >= 4 is 20.2 Å². The Bertz CT molecular complexity index is 437. The van der Waals surface area contributed by atoms with Crippen LogP contribution in [-0.2, 0) is 13.1 Å². The number of hydrogen-bond donors (Lipinski definition) is 1. The summed E-state index contributed by atoms with van der Waals surface area (Å²) in [6.07, 6.45) is 12.0. The summed E-state index contributed by atoms with van der Waals surface area (Å²) in [5, 5.41) is 25.0. The molecule has 0 amide bonds. The predicted molar refractivity (Wildman–Crippen MR) is 133 cm³/mol. The zero-order chi connectivity index (χ0) is 21.4. The molecule has 30 heavy (non-hydrogen) atoms. The number of fused-ring (bicyclic) bond motifs is 2. The molecule has 0 bridgehead atoms. The molecule has 2 aliphatic carbocycles. The molecule has 6 nitrogen and oxygen atoms in total. The van der Waals surface area contributed by atoms with E-state index in [2.05, 4.69) is 0 Å². The molecule has 0 unspecified atom stereocenters. The van der Waals surface area contributed by atoms with Crippen LogP contribution in [0.2, 0.25) is 0 Å². The minimum Gasteiger partial charge on any atom is 0 e. The third-order valence-electron chi connectivity index (χ3n) is 6.36. The summed E-state index contributed by atoms with van der Waals surface area (Å²) in [7, 11) is 9.59. The summed E-state index contributed by atoms with van der Waals surface area (Å²) in [5.41, 5.74) is 5.74. The average molecular weight is 507 g/mol. The maximum atomic E-state index is 5.74. The van der Waals surface area contributed by atoms with Gasteiger partial charge in [-0.2, -0.15) is 62.9 Å². The molecule has 0 aromatic heterocycles. The summed E-state index contributed by atoms with van der Waals surface area (Å²) in [5.74, 6) is 0. The van der Waals surface area contributed by atoms with E-state index in [0.29, 0.717) is 30.2 Å². The van der Waals surface area contributed by atoms with E-state index in [0.717, 1.165) is 52.1 Å². The van der Waals surface area contributed by atoms with E-state index in [4.69, 9.17) is 52.5 Å². The molecule has 1 saturated heterocycles. The molecule has 0 spiro atoms. The summed E-state index contributed by atoms with van der Waals surface area (Å²) in [4.78, 5) is 0. The van der Waals surface area contributed by atoms with Crippen LogP contribution in [0.15, 0.2) is 0 Å². The minimum atomic E-state index is 0. The van der Waals surface area contributed by atoms with E-state index >= 15 is 0 Å². The van der Waals surface area contributed by atoms with E-state index in [1.54, 1.807) is 0 Å². The molecule has 1 heterocycles. The van der Waals surface area contributed by atoms with Crippen molar-refractivity contribution in [2.75, 3.05) is 39.3 Å². The van der Waals surface area contributed by atoms with Gasteiger partial charge < -0.3 is 32.3 Å². The zero-order valence-corrected chi connectivity index (χ0v) is 20.8. The first kappa shape index (κ1) is 27.1. The fraction of sp³-hybridized carbons (Fsp3) is 1.00. The number of rotatable bonds is 3. The third kappa shape index (κ3) is 10.7. The van der Waals surface area contributed by atoms with E-state index in [1.165, 1.54) is 51.4 Å². The minimum absolute atomic E-state index is 0. The van der Waals surface area contributed by atoms with Crippen molar-refractivity contribution in [3.8, 4) is 0 Å². The first-order chi connectivity index (χ1) is 14.8. The second-order valence-electron chi connectivity index (χ2n) is 8.47. The van der Waals surface area contributed by atoms with Crippen molar-refractivity contribution in [1.82, 2.24) is 0 Å². The largest absolute Gasteiger partial charge is 0 e. The molecule has 1 aliphatic heterocycles. The van der Waals surface area contributed by atoms with Crippen LogP contribution in [0, 0.1) is 0 Å². The van der Waals surface area contributed by atoms with Crippen molar-refractivity contribution in [3.63, 3.8) is 0 Å². The molecule has 0 aromatic carbocycles. The van der Waals surface area contributed by atoms with Gasteiger partial charge in [-0.05, 0) is 13.0 Å². The molecular formula is C21H45Cl2MnN6-5. The Hall–Kier alpha value is 0.859. The van der Waals surface area contributed by atoms with Gasteiger partial charge in [0, 0.05) is 4.28 Å². The zero-order valence-electron chi connectivity index (χ0n) is 18.1. The van der Waals surface area contributed by atoms with Gasteiger partial charge >= 0.3 is 33.3 Å². The normalized spacial score (nSPS) is 34.3. The van der Waals surface area contributed by atoms with Gasteiger partial charge in [-0.3, -0.25) is 0 Å². The van der Waals surface area contributed by atoms with Crippen LogP contribution < -0.4 is 5.73 Å². The third-order valence-corrected chi connectivity index (χ3v) is 6.36. The Kier molecular flexibility index (Phi) is 15.7. The SMILES string of the molecule is NCCC[C@H]1C[N-][C@@H]2CCCC[C@H]2[N-]CC[N-][C@@H]2CCCC[C@H]2[N-]CC[N-]1.[Cl][Mn][Cl].[HH].[HH].[HH]. The van der Waals surface area contributed by atoms with Gasteiger partial charge in [-0.25, -0.2) is 0 Å². The monoisotopic (exact) mass is 506 g/mol. The summed E-state index contributed by atoms with van der Waals surface area (Å²) < 4.78 is 0. The second kappa shape index (κ2) is 17.4. The molecule has 2 N–H and O–H groups in total. The average Bonchev–Trinajstić information content (AvgIpc) is 2.77. The van der Waals surface area contributed by atoms with Crippen molar-refractivity contribution in [2.24, 2.45) is 5.73 Å². The van der Waals surface area contributed by atoms with Crippen LogP contribution in [0.1, 0.15) is 68.5 Å². The van der Waals surface area contributed by atoms with E-state index in [-0.39, 0.29) is 17.4 Å². The molecule has 3 fully saturated rings. The van der Waals surface area contributed by atoms with Crippen LogP contribution in [0.4, 0.5) is 0 Å². The van der Waals surface area contributed by atoms with Crippen LogP contribution in [0.5, 0.6) is 0 Å². The van der Waals surface area contributed by atoms with E-state index in [9.17, 15) is 0 Å². The molecule has 2 saturated carbocycles. The molecule has 5 atom stereocenters. The van der Waals surface area contributed by atoms with Gasteiger partial charge in [0.05, 0.1) is 0 Å². The smallest absolute Gasteiger partial charge is 0 e. The van der Waals surface area contributed by atoms with Crippen LogP contribution in [0.25, 0.3) is 26.6 Å². The van der Waals surface area contributed by atoms with Crippen molar-refractivity contribution in [1.29, 1.82) is 0 Å². The van der Waals surface area contributed by atoms with Crippen LogP contribution in [0.3, 0.4) is 0 Å². The standard InChI is InChI=1S/C21H39N6.2ClH.Mn.3H2/c22-11-5-6-17-16-27-21-10-4-3-9-20(21)26-15-14-25-19-8-2-1-7-18(19)24-13-12-23-17;;;;;;/h17-21H,1-16,22H2;2*1H;;3*1H/q-5;;;+2;;;/p-2/t17-,18+,19+,20+,21+;;;;;;/m0....../s1. The Morgan fingerprint density at radius 2 is 1.10 bits per heavy atom. The summed E-state index contributed by atoms with van der Waals surface area (Å²) >= 11 is 0.00694. The fourth-order valence-electron chi connectivity index (χ4n) is 4.80. The molecule has 9 heteroatoms. The molecule has 185 valence electrons. The van der Waals surface area contributed by atoms with Gasteiger partial charge in [0.1, 0.15) is 0 Å². The number of hydrogen-bond acceptors (Lipinski definition) is 1. The maximum Gasteiger partial charge on any atom is 0 e.